The molecule has 2 aromatic rings. The molecule has 2 rings (SSSR count). The third-order valence-corrected chi connectivity index (χ3v) is 2.68. The Balaban J connectivity index is 2.28. The molecule has 2 aromatic carbocycles. The van der Waals surface area contributed by atoms with Crippen molar-refractivity contribution in [1.29, 1.82) is 5.26 Å². The molecule has 0 unspecified atom stereocenters. The third kappa shape index (κ3) is 2.53. The van der Waals surface area contributed by atoms with E-state index in [-0.39, 0.29) is 5.02 Å². The van der Waals surface area contributed by atoms with Crippen molar-refractivity contribution in [3.8, 4) is 6.07 Å². The van der Waals surface area contributed by atoms with Crippen LogP contribution in [0.1, 0.15) is 5.56 Å². The Morgan fingerprint density at radius 3 is 2.50 bits per heavy atom. The summed E-state index contributed by atoms with van der Waals surface area (Å²) >= 11 is 5.61. The number of nitrogens with one attached hydrogen (secondary N) is 1. The van der Waals surface area contributed by atoms with Crippen molar-refractivity contribution < 1.29 is 4.39 Å². The summed E-state index contributed by atoms with van der Waals surface area (Å²) < 4.78 is 13.3. The average Bonchev–Trinajstić information content (AvgIpc) is 2.37. The van der Waals surface area contributed by atoms with Gasteiger partial charge in [-0.05, 0) is 30.3 Å². The number of hydrogen-bond donors (Lipinski definition) is 2. The molecule has 0 aromatic heterocycles. The van der Waals surface area contributed by atoms with Crippen LogP contribution < -0.4 is 11.1 Å². The molecule has 0 aliphatic heterocycles. The van der Waals surface area contributed by atoms with Crippen LogP contribution in [0.4, 0.5) is 21.5 Å². The molecule has 0 heterocycles. The van der Waals surface area contributed by atoms with E-state index in [2.05, 4.69) is 5.32 Å². The van der Waals surface area contributed by atoms with Gasteiger partial charge in [0.15, 0.2) is 0 Å². The monoisotopic (exact) mass is 261 g/mol. The highest BCUT2D eigenvalue weighted by molar-refractivity contribution is 6.31. The first kappa shape index (κ1) is 12.2. The number of nitrogen functional groups attached to an aromatic ring is 1. The van der Waals surface area contributed by atoms with Crippen molar-refractivity contribution in [3.05, 3.63) is 52.8 Å². The van der Waals surface area contributed by atoms with Gasteiger partial charge in [-0.2, -0.15) is 5.26 Å². The summed E-state index contributed by atoms with van der Waals surface area (Å²) in [4.78, 5) is 0. The van der Waals surface area contributed by atoms with Crippen LogP contribution in [0.2, 0.25) is 5.02 Å². The van der Waals surface area contributed by atoms with Crippen LogP contribution in [0.3, 0.4) is 0 Å². The molecule has 0 fully saturated rings. The number of nitrogens with two attached hydrogens (primary N) is 1. The van der Waals surface area contributed by atoms with Gasteiger partial charge in [0.1, 0.15) is 5.82 Å². The Kier molecular flexibility index (Phi) is 3.35. The van der Waals surface area contributed by atoms with Gasteiger partial charge in [0.2, 0.25) is 0 Å². The first-order valence-corrected chi connectivity index (χ1v) is 5.49. The van der Waals surface area contributed by atoms with E-state index in [0.717, 1.165) is 0 Å². The molecule has 0 spiro atoms. The predicted molar refractivity (Wildman–Crippen MR) is 70.3 cm³/mol. The van der Waals surface area contributed by atoms with Gasteiger partial charge < -0.3 is 11.1 Å². The van der Waals surface area contributed by atoms with Crippen molar-refractivity contribution in [2.45, 2.75) is 0 Å². The summed E-state index contributed by atoms with van der Waals surface area (Å²) in [6.07, 6.45) is 0. The highest BCUT2D eigenvalue weighted by Gasteiger charge is 2.06. The van der Waals surface area contributed by atoms with Gasteiger partial charge in [-0.25, -0.2) is 4.39 Å². The number of benzene rings is 2. The highest BCUT2D eigenvalue weighted by Crippen LogP contribution is 2.28. The molecule has 0 aliphatic carbocycles. The van der Waals surface area contributed by atoms with E-state index in [9.17, 15) is 4.39 Å². The molecule has 18 heavy (non-hydrogen) atoms. The second-order valence-electron chi connectivity index (χ2n) is 3.67. The van der Waals surface area contributed by atoms with E-state index in [1.807, 2.05) is 6.07 Å². The Hall–Kier alpha value is -2.25. The summed E-state index contributed by atoms with van der Waals surface area (Å²) in [5.41, 5.74) is 7.78. The van der Waals surface area contributed by atoms with E-state index in [0.29, 0.717) is 22.6 Å². The van der Waals surface area contributed by atoms with Crippen LogP contribution in [-0.2, 0) is 0 Å². The zero-order chi connectivity index (χ0) is 13.1. The number of nitriles is 1. The van der Waals surface area contributed by atoms with Gasteiger partial charge in [0.05, 0.1) is 28.0 Å². The maximum atomic E-state index is 13.3. The van der Waals surface area contributed by atoms with E-state index in [1.54, 1.807) is 24.3 Å². The molecule has 90 valence electrons. The van der Waals surface area contributed by atoms with E-state index < -0.39 is 5.82 Å². The van der Waals surface area contributed by atoms with Gasteiger partial charge in [0.25, 0.3) is 0 Å². The smallest absolute Gasteiger partial charge is 0.144 e. The molecule has 0 atom stereocenters. The maximum absolute atomic E-state index is 13.3. The number of rotatable bonds is 2. The summed E-state index contributed by atoms with van der Waals surface area (Å²) in [5.74, 6) is -0.540. The van der Waals surface area contributed by atoms with Crippen LogP contribution in [0, 0.1) is 17.1 Å². The first-order chi connectivity index (χ1) is 8.60. The normalized spacial score (nSPS) is 9.83. The number of anilines is 3. The Morgan fingerprint density at radius 2 is 1.89 bits per heavy atom. The topological polar surface area (TPSA) is 61.8 Å². The van der Waals surface area contributed by atoms with E-state index in [4.69, 9.17) is 22.6 Å². The van der Waals surface area contributed by atoms with Gasteiger partial charge in [-0.1, -0.05) is 11.6 Å². The van der Waals surface area contributed by atoms with Crippen molar-refractivity contribution in [3.63, 3.8) is 0 Å². The molecule has 0 aliphatic rings. The number of hydrogen-bond acceptors (Lipinski definition) is 3. The van der Waals surface area contributed by atoms with Crippen molar-refractivity contribution in [1.82, 2.24) is 0 Å². The summed E-state index contributed by atoms with van der Waals surface area (Å²) in [6.45, 7) is 0. The summed E-state index contributed by atoms with van der Waals surface area (Å²) in [7, 11) is 0. The quantitative estimate of drug-likeness (QED) is 0.811. The minimum atomic E-state index is -0.540. The lowest BCUT2D eigenvalue weighted by Crippen LogP contribution is -1.97. The van der Waals surface area contributed by atoms with Gasteiger partial charge in [-0.15, -0.1) is 0 Å². The second kappa shape index (κ2) is 4.94. The highest BCUT2D eigenvalue weighted by atomic mass is 35.5. The Bertz CT molecular complexity index is 617. The Labute approximate surface area is 109 Å². The minimum Gasteiger partial charge on any atom is -0.397 e. The predicted octanol–water partition coefficient (Wildman–Crippen LogP) is 3.68. The molecule has 0 saturated carbocycles. The molecular weight excluding hydrogens is 253 g/mol. The second-order valence-corrected chi connectivity index (χ2v) is 4.07. The first-order valence-electron chi connectivity index (χ1n) is 5.12. The van der Waals surface area contributed by atoms with Crippen molar-refractivity contribution in [2.75, 3.05) is 11.1 Å². The molecule has 0 saturated heterocycles. The third-order valence-electron chi connectivity index (χ3n) is 2.39. The van der Waals surface area contributed by atoms with Crippen molar-refractivity contribution >= 4 is 28.7 Å². The molecule has 0 amide bonds. The molecule has 3 nitrogen and oxygen atoms in total. The average molecular weight is 262 g/mol. The van der Waals surface area contributed by atoms with E-state index >= 15 is 0 Å². The lowest BCUT2D eigenvalue weighted by molar-refractivity contribution is 0.629. The largest absolute Gasteiger partial charge is 0.397 e. The Morgan fingerprint density at radius 1 is 1.22 bits per heavy atom. The van der Waals surface area contributed by atoms with Crippen LogP contribution in [-0.4, -0.2) is 0 Å². The van der Waals surface area contributed by atoms with Gasteiger partial charge >= 0.3 is 0 Å². The number of nitrogens with zero attached hydrogens (tertiary/aromatic N) is 1. The molecule has 0 radical (unpaired) electrons. The zero-order valence-corrected chi connectivity index (χ0v) is 10.0. The fourth-order valence-electron chi connectivity index (χ4n) is 1.45. The number of halogens is 2. The molecule has 5 heteroatoms. The minimum absolute atomic E-state index is 0.0159. The van der Waals surface area contributed by atoms with Crippen LogP contribution in [0.25, 0.3) is 0 Å². The van der Waals surface area contributed by atoms with Gasteiger partial charge in [0, 0.05) is 11.8 Å². The fraction of sp³-hybridized carbons (Fsp3) is 0. The lowest BCUT2D eigenvalue weighted by Gasteiger charge is -2.10. The summed E-state index contributed by atoms with van der Waals surface area (Å²) in [5, 5.41) is 11.6. The van der Waals surface area contributed by atoms with Crippen LogP contribution in [0.15, 0.2) is 36.4 Å². The molecular formula is C13H9ClFN3. The lowest BCUT2D eigenvalue weighted by atomic mass is 10.2. The van der Waals surface area contributed by atoms with Crippen molar-refractivity contribution in [2.24, 2.45) is 0 Å². The standard InChI is InChI=1S/C13H9ClFN3/c14-10-5-12(17)13(6-11(10)15)18-9-3-1-8(7-16)2-4-9/h1-6,18H,17H2. The fourth-order valence-corrected chi connectivity index (χ4v) is 1.63. The van der Waals surface area contributed by atoms with Gasteiger partial charge in [-0.3, -0.25) is 0 Å². The van der Waals surface area contributed by atoms with Crippen LogP contribution in [0.5, 0.6) is 0 Å². The maximum Gasteiger partial charge on any atom is 0.144 e. The SMILES string of the molecule is N#Cc1ccc(Nc2cc(F)c(Cl)cc2N)cc1. The van der Waals surface area contributed by atoms with E-state index in [1.165, 1.54) is 12.1 Å². The molecule has 3 N–H and O–H groups in total. The molecule has 0 bridgehead atoms. The summed E-state index contributed by atoms with van der Waals surface area (Å²) in [6, 6.07) is 11.3. The van der Waals surface area contributed by atoms with Crippen LogP contribution >= 0.6 is 11.6 Å². The zero-order valence-electron chi connectivity index (χ0n) is 9.24.